The zero-order valence-corrected chi connectivity index (χ0v) is 8.25. The zero-order valence-electron chi connectivity index (χ0n) is 8.25. The summed E-state index contributed by atoms with van der Waals surface area (Å²) in [7, 11) is 0. The monoisotopic (exact) mass is 199 g/mol. The van der Waals surface area contributed by atoms with Gasteiger partial charge in [0.05, 0.1) is 12.1 Å². The van der Waals surface area contributed by atoms with E-state index < -0.39 is 0 Å². The molecule has 2 heterocycles. The number of β-amino-alcohol motifs (C(OH)–C–C–N with tert-alkyl or cyclic N) is 1. The lowest BCUT2D eigenvalue weighted by molar-refractivity contribution is 0.136. The van der Waals surface area contributed by atoms with Gasteiger partial charge in [0.15, 0.2) is 0 Å². The summed E-state index contributed by atoms with van der Waals surface area (Å²) in [5.74, 6) is 0. The third kappa shape index (κ3) is 1.69. The Bertz CT molecular complexity index is 226. The molecule has 2 aliphatic rings. The summed E-state index contributed by atoms with van der Waals surface area (Å²) in [5.41, 5.74) is -0.0109. The average molecular weight is 199 g/mol. The Labute approximate surface area is 83.5 Å². The molecule has 0 aliphatic carbocycles. The molecule has 1 unspecified atom stereocenters. The molecule has 80 valence electrons. The molecule has 5 heteroatoms. The fourth-order valence-corrected chi connectivity index (χ4v) is 2.22. The van der Waals surface area contributed by atoms with Crippen LogP contribution in [0.5, 0.6) is 0 Å². The Morgan fingerprint density at radius 1 is 1.50 bits per heavy atom. The highest BCUT2D eigenvalue weighted by atomic mass is 16.3. The molecule has 2 fully saturated rings. The highest BCUT2D eigenvalue weighted by Crippen LogP contribution is 2.23. The van der Waals surface area contributed by atoms with Gasteiger partial charge in [0, 0.05) is 19.6 Å². The number of nitrogens with one attached hydrogen (secondary N) is 2. The van der Waals surface area contributed by atoms with Gasteiger partial charge in [-0.2, -0.15) is 0 Å². The summed E-state index contributed by atoms with van der Waals surface area (Å²) in [5, 5.41) is 15.1. The number of nitrogens with zero attached hydrogens (tertiary/aromatic N) is 1. The second kappa shape index (κ2) is 3.74. The Morgan fingerprint density at radius 2 is 2.36 bits per heavy atom. The molecule has 0 bridgehead atoms. The second-order valence-electron chi connectivity index (χ2n) is 4.10. The molecule has 0 aromatic carbocycles. The van der Waals surface area contributed by atoms with Crippen LogP contribution in [0.25, 0.3) is 0 Å². The van der Waals surface area contributed by atoms with Crippen molar-refractivity contribution in [2.24, 2.45) is 0 Å². The number of rotatable bonds is 2. The Morgan fingerprint density at radius 3 is 2.93 bits per heavy atom. The number of urea groups is 1. The van der Waals surface area contributed by atoms with Gasteiger partial charge in [-0.25, -0.2) is 4.79 Å². The number of aliphatic hydroxyl groups excluding tert-OH is 1. The highest BCUT2D eigenvalue weighted by molar-refractivity contribution is 5.76. The predicted octanol–water partition coefficient (Wildman–Crippen LogP) is -0.874. The minimum atomic E-state index is -0.0333. The van der Waals surface area contributed by atoms with Crippen LogP contribution in [0.3, 0.4) is 0 Å². The van der Waals surface area contributed by atoms with Crippen molar-refractivity contribution in [2.75, 3.05) is 32.8 Å². The molecule has 0 aromatic heterocycles. The van der Waals surface area contributed by atoms with Crippen molar-refractivity contribution in [3.8, 4) is 0 Å². The predicted molar refractivity (Wildman–Crippen MR) is 52.0 cm³/mol. The molecule has 2 saturated heterocycles. The summed E-state index contributed by atoms with van der Waals surface area (Å²) in [4.78, 5) is 13.3. The van der Waals surface area contributed by atoms with Crippen LogP contribution in [0, 0.1) is 0 Å². The zero-order chi connectivity index (χ0) is 10.0. The van der Waals surface area contributed by atoms with Gasteiger partial charge in [-0.3, -0.25) is 0 Å². The van der Waals surface area contributed by atoms with Crippen LogP contribution in [0.2, 0.25) is 0 Å². The van der Waals surface area contributed by atoms with Crippen LogP contribution in [0.4, 0.5) is 4.79 Å². The molecular formula is C9H17N3O2. The molecule has 14 heavy (non-hydrogen) atoms. The minimum absolute atomic E-state index is 0.0109. The van der Waals surface area contributed by atoms with Crippen LogP contribution in [0.1, 0.15) is 12.8 Å². The van der Waals surface area contributed by atoms with Crippen molar-refractivity contribution in [3.63, 3.8) is 0 Å². The summed E-state index contributed by atoms with van der Waals surface area (Å²) >= 11 is 0. The van der Waals surface area contributed by atoms with E-state index >= 15 is 0 Å². The summed E-state index contributed by atoms with van der Waals surface area (Å²) in [6, 6.07) is -0.0333. The van der Waals surface area contributed by atoms with E-state index in [9.17, 15) is 4.79 Å². The summed E-state index contributed by atoms with van der Waals surface area (Å²) in [6.45, 7) is 3.11. The summed E-state index contributed by atoms with van der Waals surface area (Å²) < 4.78 is 0. The number of hydrogen-bond acceptors (Lipinski definition) is 3. The first-order chi connectivity index (χ1) is 6.76. The van der Waals surface area contributed by atoms with Gasteiger partial charge in [-0.15, -0.1) is 0 Å². The molecular weight excluding hydrogens is 182 g/mol. The standard InChI is InChI=1S/C9H17N3O2/c13-6-5-12-4-2-9(11-8(12)14)1-3-10-7-9/h10,13H,1-7H2,(H,11,14). The largest absolute Gasteiger partial charge is 0.395 e. The quantitative estimate of drug-likeness (QED) is 0.541. The maximum absolute atomic E-state index is 11.6. The molecule has 2 amide bonds. The van der Waals surface area contributed by atoms with Gasteiger partial charge < -0.3 is 20.6 Å². The lowest BCUT2D eigenvalue weighted by Crippen LogP contribution is -2.61. The molecule has 3 N–H and O–H groups in total. The summed E-state index contributed by atoms with van der Waals surface area (Å²) in [6.07, 6.45) is 2.00. The topological polar surface area (TPSA) is 64.6 Å². The van der Waals surface area contributed by atoms with Crippen LogP contribution >= 0.6 is 0 Å². The number of amides is 2. The lowest BCUT2D eigenvalue weighted by Gasteiger charge is -2.39. The normalized spacial score (nSPS) is 32.4. The van der Waals surface area contributed by atoms with Crippen LogP contribution in [0.15, 0.2) is 0 Å². The maximum atomic E-state index is 11.6. The molecule has 0 saturated carbocycles. The molecule has 2 rings (SSSR count). The van der Waals surface area contributed by atoms with Gasteiger partial charge >= 0.3 is 6.03 Å². The SMILES string of the molecule is O=C1NC2(CCNC2)CCN1CCO. The lowest BCUT2D eigenvalue weighted by atomic mass is 9.92. The van der Waals surface area contributed by atoms with E-state index in [1.54, 1.807) is 4.90 Å². The molecule has 0 radical (unpaired) electrons. The fourth-order valence-electron chi connectivity index (χ4n) is 2.22. The van der Waals surface area contributed by atoms with Gasteiger partial charge in [-0.1, -0.05) is 0 Å². The number of carbonyl (C=O) groups excluding carboxylic acids is 1. The van der Waals surface area contributed by atoms with Gasteiger partial charge in [0.2, 0.25) is 0 Å². The van der Waals surface area contributed by atoms with E-state index in [1.807, 2.05) is 0 Å². The molecule has 0 aromatic rings. The van der Waals surface area contributed by atoms with E-state index in [1.165, 1.54) is 0 Å². The molecule has 1 spiro atoms. The van der Waals surface area contributed by atoms with Crippen LogP contribution < -0.4 is 10.6 Å². The maximum Gasteiger partial charge on any atom is 0.317 e. The van der Waals surface area contributed by atoms with Gasteiger partial charge in [-0.05, 0) is 19.4 Å². The smallest absolute Gasteiger partial charge is 0.317 e. The van der Waals surface area contributed by atoms with E-state index in [2.05, 4.69) is 10.6 Å². The molecule has 5 nitrogen and oxygen atoms in total. The van der Waals surface area contributed by atoms with Crippen molar-refractivity contribution in [3.05, 3.63) is 0 Å². The van der Waals surface area contributed by atoms with E-state index in [-0.39, 0.29) is 18.2 Å². The van der Waals surface area contributed by atoms with Crippen LogP contribution in [-0.2, 0) is 0 Å². The van der Waals surface area contributed by atoms with Gasteiger partial charge in [0.1, 0.15) is 0 Å². The van der Waals surface area contributed by atoms with Crippen molar-refractivity contribution in [2.45, 2.75) is 18.4 Å². The highest BCUT2D eigenvalue weighted by Gasteiger charge is 2.39. The van der Waals surface area contributed by atoms with Crippen LogP contribution in [-0.4, -0.2) is 54.4 Å². The minimum Gasteiger partial charge on any atom is -0.395 e. The first-order valence-electron chi connectivity index (χ1n) is 5.14. The fraction of sp³-hybridized carbons (Fsp3) is 0.889. The first kappa shape index (κ1) is 9.73. The van der Waals surface area contributed by atoms with E-state index in [0.29, 0.717) is 6.54 Å². The van der Waals surface area contributed by atoms with Crippen molar-refractivity contribution in [1.29, 1.82) is 0 Å². The second-order valence-corrected chi connectivity index (χ2v) is 4.10. The third-order valence-corrected chi connectivity index (χ3v) is 3.13. The number of hydrogen-bond donors (Lipinski definition) is 3. The van der Waals surface area contributed by atoms with E-state index in [4.69, 9.17) is 5.11 Å². The number of carbonyl (C=O) groups is 1. The Kier molecular flexibility index (Phi) is 2.60. The Balaban J connectivity index is 1.95. The third-order valence-electron chi connectivity index (χ3n) is 3.13. The van der Waals surface area contributed by atoms with Crippen molar-refractivity contribution >= 4 is 6.03 Å². The van der Waals surface area contributed by atoms with Gasteiger partial charge in [0.25, 0.3) is 0 Å². The van der Waals surface area contributed by atoms with Crippen molar-refractivity contribution < 1.29 is 9.90 Å². The molecule has 2 aliphatic heterocycles. The molecule has 1 atom stereocenters. The van der Waals surface area contributed by atoms with Crippen molar-refractivity contribution in [1.82, 2.24) is 15.5 Å². The Hall–Kier alpha value is -0.810. The van der Waals surface area contributed by atoms with E-state index in [0.717, 1.165) is 32.5 Å². The first-order valence-corrected chi connectivity index (χ1v) is 5.14. The average Bonchev–Trinajstić information content (AvgIpc) is 2.59. The number of aliphatic hydroxyl groups is 1.